The molecule has 0 heterocycles. The van der Waals surface area contributed by atoms with Crippen LogP contribution in [0.5, 0.6) is 5.75 Å². The lowest BCUT2D eigenvalue weighted by Gasteiger charge is -2.13. The number of hydrogen-bond acceptors (Lipinski definition) is 3. The maximum atomic E-state index is 13.0. The zero-order chi connectivity index (χ0) is 21.5. The number of para-hydroxylation sites is 1. The van der Waals surface area contributed by atoms with E-state index in [1.54, 1.807) is 30.3 Å². The number of rotatable bonds is 6. The Bertz CT molecular complexity index is 1090. The van der Waals surface area contributed by atoms with Gasteiger partial charge in [-0.25, -0.2) is 4.39 Å². The van der Waals surface area contributed by atoms with Crippen molar-refractivity contribution in [3.63, 3.8) is 0 Å². The third-order valence-corrected chi connectivity index (χ3v) is 4.49. The number of nitrogens with one attached hydrogen (secondary N) is 1. The Morgan fingerprint density at radius 1 is 1.07 bits per heavy atom. The predicted octanol–water partition coefficient (Wildman–Crippen LogP) is 5.57. The first kappa shape index (κ1) is 20.8. The first-order valence-corrected chi connectivity index (χ1v) is 9.43. The molecule has 0 spiro atoms. The number of carbonyl (C=O) groups excluding carboxylic acids is 1. The molecule has 1 N–H and O–H groups in total. The SMILES string of the molecule is Cc1cc(/C=C(\C#N)C(=O)Nc2ccccc2)cc(C)c1OCc1ccc(F)cc1. The van der Waals surface area contributed by atoms with Crippen LogP contribution in [0.1, 0.15) is 22.3 Å². The van der Waals surface area contributed by atoms with Gasteiger partial charge in [-0.2, -0.15) is 5.26 Å². The second kappa shape index (κ2) is 9.53. The van der Waals surface area contributed by atoms with Gasteiger partial charge in [-0.05, 0) is 78.6 Å². The van der Waals surface area contributed by atoms with Gasteiger partial charge in [0.1, 0.15) is 29.8 Å². The summed E-state index contributed by atoms with van der Waals surface area (Å²) in [6, 6.07) is 20.8. The molecule has 30 heavy (non-hydrogen) atoms. The number of benzene rings is 3. The highest BCUT2D eigenvalue weighted by molar-refractivity contribution is 6.09. The summed E-state index contributed by atoms with van der Waals surface area (Å²) in [5, 5.41) is 12.1. The van der Waals surface area contributed by atoms with Crippen molar-refractivity contribution in [3.8, 4) is 11.8 Å². The third kappa shape index (κ3) is 5.33. The van der Waals surface area contributed by atoms with Gasteiger partial charge in [0.15, 0.2) is 0 Å². The van der Waals surface area contributed by atoms with Crippen molar-refractivity contribution in [3.05, 3.63) is 100 Å². The van der Waals surface area contributed by atoms with E-state index in [-0.39, 0.29) is 11.4 Å². The molecule has 0 aromatic heterocycles. The van der Waals surface area contributed by atoms with Crippen LogP contribution in [0.25, 0.3) is 6.08 Å². The summed E-state index contributed by atoms with van der Waals surface area (Å²) >= 11 is 0. The summed E-state index contributed by atoms with van der Waals surface area (Å²) < 4.78 is 19.0. The van der Waals surface area contributed by atoms with Gasteiger partial charge in [0.05, 0.1) is 0 Å². The Labute approximate surface area is 175 Å². The monoisotopic (exact) mass is 400 g/mol. The maximum absolute atomic E-state index is 13.0. The van der Waals surface area contributed by atoms with E-state index in [0.29, 0.717) is 12.3 Å². The van der Waals surface area contributed by atoms with Gasteiger partial charge in [-0.15, -0.1) is 0 Å². The van der Waals surface area contributed by atoms with Crippen LogP contribution in [0.15, 0.2) is 72.3 Å². The Morgan fingerprint density at radius 2 is 1.70 bits per heavy atom. The molecule has 0 saturated carbocycles. The average Bonchev–Trinajstić information content (AvgIpc) is 2.73. The summed E-state index contributed by atoms with van der Waals surface area (Å²) in [7, 11) is 0. The fourth-order valence-corrected chi connectivity index (χ4v) is 3.07. The van der Waals surface area contributed by atoms with E-state index in [9.17, 15) is 14.4 Å². The van der Waals surface area contributed by atoms with Crippen LogP contribution in [0.2, 0.25) is 0 Å². The summed E-state index contributed by atoms with van der Waals surface area (Å²) in [6.45, 7) is 4.13. The van der Waals surface area contributed by atoms with Crippen molar-refractivity contribution < 1.29 is 13.9 Å². The molecule has 3 aromatic carbocycles. The Hall–Kier alpha value is -3.91. The van der Waals surface area contributed by atoms with Crippen LogP contribution in [0.3, 0.4) is 0 Å². The normalized spacial score (nSPS) is 10.9. The van der Waals surface area contributed by atoms with E-state index in [1.165, 1.54) is 12.1 Å². The van der Waals surface area contributed by atoms with Crippen molar-refractivity contribution >= 4 is 17.7 Å². The molecule has 0 radical (unpaired) electrons. The van der Waals surface area contributed by atoms with Crippen LogP contribution < -0.4 is 10.1 Å². The van der Waals surface area contributed by atoms with Gasteiger partial charge in [-0.3, -0.25) is 4.79 Å². The molecule has 0 aliphatic carbocycles. The lowest BCUT2D eigenvalue weighted by atomic mass is 10.0. The highest BCUT2D eigenvalue weighted by atomic mass is 19.1. The third-order valence-electron chi connectivity index (χ3n) is 4.49. The highest BCUT2D eigenvalue weighted by Gasteiger charge is 2.11. The molecule has 3 aromatic rings. The second-order valence-corrected chi connectivity index (χ2v) is 6.89. The number of anilines is 1. The summed E-state index contributed by atoms with van der Waals surface area (Å²) in [5.74, 6) is -0.0220. The van der Waals surface area contributed by atoms with Crippen molar-refractivity contribution in [1.82, 2.24) is 0 Å². The molecular formula is C25H21FN2O2. The number of ether oxygens (including phenoxy) is 1. The van der Waals surface area contributed by atoms with Gasteiger partial charge in [0, 0.05) is 5.69 Å². The molecule has 150 valence electrons. The van der Waals surface area contributed by atoms with Crippen molar-refractivity contribution in [2.45, 2.75) is 20.5 Å². The van der Waals surface area contributed by atoms with Crippen LogP contribution >= 0.6 is 0 Å². The summed E-state index contributed by atoms with van der Waals surface area (Å²) in [6.07, 6.45) is 1.56. The number of nitrogens with zero attached hydrogens (tertiary/aromatic N) is 1. The number of hydrogen-bond donors (Lipinski definition) is 1. The lowest BCUT2D eigenvalue weighted by molar-refractivity contribution is -0.112. The highest BCUT2D eigenvalue weighted by Crippen LogP contribution is 2.27. The van der Waals surface area contributed by atoms with Crippen molar-refractivity contribution in [1.29, 1.82) is 5.26 Å². The fraction of sp³-hybridized carbons (Fsp3) is 0.120. The second-order valence-electron chi connectivity index (χ2n) is 6.89. The van der Waals surface area contributed by atoms with Gasteiger partial charge < -0.3 is 10.1 Å². The molecule has 0 aliphatic heterocycles. The van der Waals surface area contributed by atoms with Gasteiger partial charge in [0.2, 0.25) is 0 Å². The van der Waals surface area contributed by atoms with E-state index in [0.717, 1.165) is 28.0 Å². The molecule has 0 unspecified atom stereocenters. The van der Waals surface area contributed by atoms with E-state index in [2.05, 4.69) is 5.32 Å². The standard InChI is InChI=1S/C25H21FN2O2/c1-17-12-20(14-21(15-27)25(29)28-23-6-4-3-5-7-23)13-18(2)24(17)30-16-19-8-10-22(26)11-9-19/h3-14H,16H2,1-2H3,(H,28,29)/b21-14+. The molecule has 3 rings (SSSR count). The number of aryl methyl sites for hydroxylation is 2. The largest absolute Gasteiger partial charge is 0.488 e. The van der Waals surface area contributed by atoms with Crippen molar-refractivity contribution in [2.75, 3.05) is 5.32 Å². The Balaban J connectivity index is 1.76. The maximum Gasteiger partial charge on any atom is 0.266 e. The van der Waals surface area contributed by atoms with E-state index in [4.69, 9.17) is 4.74 Å². The van der Waals surface area contributed by atoms with Crippen molar-refractivity contribution in [2.24, 2.45) is 0 Å². The molecule has 1 amide bonds. The van der Waals surface area contributed by atoms with Crippen LogP contribution in [0.4, 0.5) is 10.1 Å². The zero-order valence-corrected chi connectivity index (χ0v) is 16.8. The summed E-state index contributed by atoms with van der Waals surface area (Å²) in [5.41, 5.74) is 3.99. The Kier molecular flexibility index (Phi) is 6.61. The smallest absolute Gasteiger partial charge is 0.266 e. The number of halogens is 1. The molecule has 0 saturated heterocycles. The van der Waals surface area contributed by atoms with Crippen LogP contribution in [-0.4, -0.2) is 5.91 Å². The fourth-order valence-electron chi connectivity index (χ4n) is 3.07. The minimum absolute atomic E-state index is 0.0117. The van der Waals surface area contributed by atoms with E-state index < -0.39 is 5.91 Å². The molecule has 5 heteroatoms. The number of amides is 1. The number of carbonyl (C=O) groups is 1. The summed E-state index contributed by atoms with van der Waals surface area (Å²) in [4.78, 5) is 12.4. The molecule has 0 aliphatic rings. The first-order valence-electron chi connectivity index (χ1n) is 9.43. The van der Waals surface area contributed by atoms with Crippen LogP contribution in [-0.2, 0) is 11.4 Å². The topological polar surface area (TPSA) is 62.1 Å². The van der Waals surface area contributed by atoms with Gasteiger partial charge >= 0.3 is 0 Å². The quantitative estimate of drug-likeness (QED) is 0.435. The van der Waals surface area contributed by atoms with E-state index >= 15 is 0 Å². The Morgan fingerprint density at radius 3 is 2.30 bits per heavy atom. The molecule has 0 fully saturated rings. The predicted molar refractivity (Wildman–Crippen MR) is 115 cm³/mol. The van der Waals surface area contributed by atoms with Gasteiger partial charge in [0.25, 0.3) is 5.91 Å². The molecule has 0 atom stereocenters. The van der Waals surface area contributed by atoms with E-state index in [1.807, 2.05) is 50.2 Å². The molecule has 4 nitrogen and oxygen atoms in total. The van der Waals surface area contributed by atoms with Crippen LogP contribution in [0, 0.1) is 31.0 Å². The molecule has 0 bridgehead atoms. The number of nitriles is 1. The minimum atomic E-state index is -0.462. The van der Waals surface area contributed by atoms with Gasteiger partial charge in [-0.1, -0.05) is 30.3 Å². The first-order chi connectivity index (χ1) is 14.5. The average molecular weight is 400 g/mol. The molecular weight excluding hydrogens is 379 g/mol. The minimum Gasteiger partial charge on any atom is -0.488 e. The zero-order valence-electron chi connectivity index (χ0n) is 16.8. The lowest BCUT2D eigenvalue weighted by Crippen LogP contribution is -2.13.